The van der Waals surface area contributed by atoms with E-state index in [1.54, 1.807) is 0 Å². The first-order chi connectivity index (χ1) is 9.83. The van der Waals surface area contributed by atoms with Gasteiger partial charge in [-0.2, -0.15) is 5.10 Å². The minimum Gasteiger partial charge on any atom is -0.492 e. The second-order valence-corrected chi connectivity index (χ2v) is 5.98. The topological polar surface area (TPSA) is 33.6 Å². The minimum absolute atomic E-state index is 0.187. The molecule has 0 aliphatic carbocycles. The van der Waals surface area contributed by atoms with Crippen LogP contribution in [-0.4, -0.2) is 12.3 Å². The predicted octanol–water partition coefficient (Wildman–Crippen LogP) is 3.51. The fourth-order valence-corrected chi connectivity index (χ4v) is 3.13. The maximum absolute atomic E-state index is 5.88. The third kappa shape index (κ3) is 1.83. The third-order valence-corrected chi connectivity index (χ3v) is 4.42. The van der Waals surface area contributed by atoms with Gasteiger partial charge in [-0.05, 0) is 29.8 Å². The Bertz CT molecular complexity index is 681. The number of rotatable bonds is 1. The van der Waals surface area contributed by atoms with Crippen molar-refractivity contribution in [3.8, 4) is 5.75 Å². The molecule has 0 saturated carbocycles. The summed E-state index contributed by atoms with van der Waals surface area (Å²) < 4.78 is 6.97. The van der Waals surface area contributed by atoms with E-state index < -0.39 is 0 Å². The molecule has 0 spiro atoms. The Morgan fingerprint density at radius 2 is 1.90 bits per heavy atom. The number of ether oxygens (including phenoxy) is 1. The van der Waals surface area contributed by atoms with Gasteiger partial charge < -0.3 is 10.2 Å². The van der Waals surface area contributed by atoms with E-state index in [9.17, 15) is 0 Å². The SMILES string of the molecule is Brc1ccc([C@H]2NN=C3c4ccccc4OC[C@@H]32)cc1. The maximum Gasteiger partial charge on any atom is 0.128 e. The van der Waals surface area contributed by atoms with Gasteiger partial charge in [-0.15, -0.1) is 0 Å². The molecule has 1 N–H and O–H groups in total. The van der Waals surface area contributed by atoms with Crippen LogP contribution < -0.4 is 10.2 Å². The van der Waals surface area contributed by atoms with Crippen LogP contribution in [0.15, 0.2) is 58.1 Å². The number of hydrazone groups is 1. The van der Waals surface area contributed by atoms with Gasteiger partial charge in [0.1, 0.15) is 5.75 Å². The molecule has 0 fully saturated rings. The summed E-state index contributed by atoms with van der Waals surface area (Å²) in [5, 5.41) is 4.55. The Balaban J connectivity index is 1.69. The second-order valence-electron chi connectivity index (χ2n) is 5.07. The summed E-state index contributed by atoms with van der Waals surface area (Å²) in [5.41, 5.74) is 6.72. The largest absolute Gasteiger partial charge is 0.492 e. The highest BCUT2D eigenvalue weighted by Crippen LogP contribution is 2.37. The summed E-state index contributed by atoms with van der Waals surface area (Å²) in [7, 11) is 0. The van der Waals surface area contributed by atoms with Gasteiger partial charge in [-0.1, -0.05) is 40.2 Å². The van der Waals surface area contributed by atoms with Gasteiger partial charge in [0, 0.05) is 10.0 Å². The number of para-hydroxylation sites is 1. The average Bonchev–Trinajstić information content (AvgIpc) is 2.92. The summed E-state index contributed by atoms with van der Waals surface area (Å²) in [4.78, 5) is 0. The molecular formula is C16H13BrN2O. The van der Waals surface area contributed by atoms with Gasteiger partial charge in [0.15, 0.2) is 0 Å². The molecule has 0 bridgehead atoms. The molecule has 2 heterocycles. The van der Waals surface area contributed by atoms with E-state index in [4.69, 9.17) is 4.74 Å². The highest BCUT2D eigenvalue weighted by atomic mass is 79.9. The van der Waals surface area contributed by atoms with Gasteiger partial charge in [-0.25, -0.2) is 0 Å². The van der Waals surface area contributed by atoms with E-state index in [1.165, 1.54) is 5.56 Å². The zero-order valence-corrected chi connectivity index (χ0v) is 12.3. The summed E-state index contributed by atoms with van der Waals surface area (Å²) in [5.74, 6) is 1.20. The summed E-state index contributed by atoms with van der Waals surface area (Å²) >= 11 is 3.47. The van der Waals surface area contributed by atoms with E-state index >= 15 is 0 Å². The number of nitrogens with zero attached hydrogens (tertiary/aromatic N) is 1. The molecule has 2 aromatic rings. The molecule has 100 valence electrons. The normalized spacial score (nSPS) is 23.1. The second kappa shape index (κ2) is 4.63. The molecule has 2 aliphatic rings. The lowest BCUT2D eigenvalue weighted by Gasteiger charge is -2.26. The van der Waals surface area contributed by atoms with Crippen LogP contribution >= 0.6 is 15.9 Å². The third-order valence-electron chi connectivity index (χ3n) is 3.89. The number of hydrogen-bond donors (Lipinski definition) is 1. The van der Waals surface area contributed by atoms with Crippen molar-refractivity contribution in [1.29, 1.82) is 0 Å². The van der Waals surface area contributed by atoms with Gasteiger partial charge in [-0.3, -0.25) is 0 Å². The van der Waals surface area contributed by atoms with Gasteiger partial charge in [0.25, 0.3) is 0 Å². The quantitative estimate of drug-likeness (QED) is 0.869. The smallest absolute Gasteiger partial charge is 0.128 e. The molecule has 0 unspecified atom stereocenters. The molecule has 2 atom stereocenters. The van der Waals surface area contributed by atoms with E-state index in [0.717, 1.165) is 21.5 Å². The molecule has 4 heteroatoms. The molecule has 0 saturated heterocycles. The lowest BCUT2D eigenvalue weighted by molar-refractivity contribution is 0.254. The zero-order valence-electron chi connectivity index (χ0n) is 10.7. The molecule has 2 aliphatic heterocycles. The number of fused-ring (bicyclic) bond motifs is 3. The van der Waals surface area contributed by atoms with Crippen molar-refractivity contribution in [3.63, 3.8) is 0 Å². The Morgan fingerprint density at radius 1 is 1.10 bits per heavy atom. The summed E-state index contributed by atoms with van der Waals surface area (Å²) in [6.07, 6.45) is 0. The molecule has 0 aromatic heterocycles. The first kappa shape index (κ1) is 12.0. The van der Waals surface area contributed by atoms with Gasteiger partial charge in [0.05, 0.1) is 24.3 Å². The van der Waals surface area contributed by atoms with Crippen molar-refractivity contribution in [1.82, 2.24) is 5.43 Å². The van der Waals surface area contributed by atoms with Crippen LogP contribution in [-0.2, 0) is 0 Å². The van der Waals surface area contributed by atoms with Crippen molar-refractivity contribution in [2.45, 2.75) is 6.04 Å². The fraction of sp³-hybridized carbons (Fsp3) is 0.188. The molecule has 20 heavy (non-hydrogen) atoms. The number of halogens is 1. The minimum atomic E-state index is 0.187. The Hall–Kier alpha value is -1.81. The van der Waals surface area contributed by atoms with Crippen LogP contribution in [0.2, 0.25) is 0 Å². The van der Waals surface area contributed by atoms with E-state index in [1.807, 2.05) is 18.2 Å². The van der Waals surface area contributed by atoms with Crippen LogP contribution in [0.3, 0.4) is 0 Å². The fourth-order valence-electron chi connectivity index (χ4n) is 2.87. The lowest BCUT2D eigenvalue weighted by Crippen LogP contribution is -2.31. The highest BCUT2D eigenvalue weighted by molar-refractivity contribution is 9.10. The lowest BCUT2D eigenvalue weighted by atomic mass is 9.86. The highest BCUT2D eigenvalue weighted by Gasteiger charge is 2.38. The molecule has 0 amide bonds. The van der Waals surface area contributed by atoms with Crippen molar-refractivity contribution >= 4 is 21.6 Å². The Morgan fingerprint density at radius 3 is 2.75 bits per heavy atom. The maximum atomic E-state index is 5.88. The van der Waals surface area contributed by atoms with Crippen molar-refractivity contribution in [3.05, 3.63) is 64.1 Å². The Kier molecular flexibility index (Phi) is 2.77. The number of hydrogen-bond acceptors (Lipinski definition) is 3. The molecule has 2 aromatic carbocycles. The zero-order chi connectivity index (χ0) is 13.5. The van der Waals surface area contributed by atoms with Crippen LogP contribution in [0.5, 0.6) is 5.75 Å². The van der Waals surface area contributed by atoms with Crippen molar-refractivity contribution in [2.75, 3.05) is 6.61 Å². The van der Waals surface area contributed by atoms with Crippen molar-refractivity contribution < 1.29 is 4.74 Å². The van der Waals surface area contributed by atoms with E-state index in [0.29, 0.717) is 6.61 Å². The van der Waals surface area contributed by atoms with Crippen LogP contribution in [0.1, 0.15) is 17.2 Å². The molecule has 0 radical (unpaired) electrons. The average molecular weight is 329 g/mol. The Labute approximate surface area is 125 Å². The van der Waals surface area contributed by atoms with Crippen LogP contribution in [0.25, 0.3) is 0 Å². The summed E-state index contributed by atoms with van der Waals surface area (Å²) in [6.45, 7) is 0.670. The monoisotopic (exact) mass is 328 g/mol. The molecule has 4 rings (SSSR count). The first-order valence-corrected chi connectivity index (χ1v) is 7.43. The predicted molar refractivity (Wildman–Crippen MR) is 82.0 cm³/mol. The summed E-state index contributed by atoms with van der Waals surface area (Å²) in [6, 6.07) is 16.7. The van der Waals surface area contributed by atoms with Gasteiger partial charge >= 0.3 is 0 Å². The standard InChI is InChI=1S/C16H13BrN2O/c17-11-7-5-10(6-8-11)15-13-9-20-14-4-2-1-3-12(14)16(13)19-18-15/h1-8,13,15,18H,9H2/t13-,15-/m1/s1. The number of nitrogens with one attached hydrogen (secondary N) is 1. The van der Waals surface area contributed by atoms with Crippen molar-refractivity contribution in [2.24, 2.45) is 11.0 Å². The number of benzene rings is 2. The van der Waals surface area contributed by atoms with E-state index in [-0.39, 0.29) is 12.0 Å². The van der Waals surface area contributed by atoms with Gasteiger partial charge in [0.2, 0.25) is 0 Å². The first-order valence-electron chi connectivity index (χ1n) is 6.64. The molecular weight excluding hydrogens is 316 g/mol. The molecule has 3 nitrogen and oxygen atoms in total. The van der Waals surface area contributed by atoms with Crippen LogP contribution in [0, 0.1) is 5.92 Å². The van der Waals surface area contributed by atoms with E-state index in [2.05, 4.69) is 56.8 Å². The van der Waals surface area contributed by atoms with Crippen LogP contribution in [0.4, 0.5) is 0 Å².